The molecule has 158 valence electrons. The highest BCUT2D eigenvalue weighted by molar-refractivity contribution is 9.10. The number of carbonyl (C=O) groups excluding carboxylic acids is 1. The lowest BCUT2D eigenvalue weighted by molar-refractivity contribution is -0.137. The molecule has 1 saturated heterocycles. The average molecular weight is 465 g/mol. The van der Waals surface area contributed by atoms with Crippen LogP contribution >= 0.6 is 15.9 Å². The molecule has 1 aliphatic heterocycles. The van der Waals surface area contributed by atoms with E-state index in [0.717, 1.165) is 6.07 Å². The maximum absolute atomic E-state index is 13.5. The van der Waals surface area contributed by atoms with Gasteiger partial charge in [-0.25, -0.2) is 4.79 Å². The van der Waals surface area contributed by atoms with Crippen LogP contribution in [0.25, 0.3) is 0 Å². The molecule has 0 bridgehead atoms. The Morgan fingerprint density at radius 3 is 2.43 bits per heavy atom. The van der Waals surface area contributed by atoms with Gasteiger partial charge in [0.15, 0.2) is 0 Å². The first-order valence-corrected chi connectivity index (χ1v) is 10.2. The SMILES string of the molecule is CC(C)CC1CN(c2ccc(Br)cc2C(F)(F)F)CCN1C(=O)OC(C)(C)C. The van der Waals surface area contributed by atoms with E-state index in [-0.39, 0.29) is 11.7 Å². The van der Waals surface area contributed by atoms with Gasteiger partial charge in [0.25, 0.3) is 0 Å². The Morgan fingerprint density at radius 2 is 1.89 bits per heavy atom. The summed E-state index contributed by atoms with van der Waals surface area (Å²) in [5.41, 5.74) is -1.14. The van der Waals surface area contributed by atoms with Gasteiger partial charge in [0.05, 0.1) is 11.6 Å². The van der Waals surface area contributed by atoms with E-state index < -0.39 is 23.4 Å². The fourth-order valence-corrected chi connectivity index (χ4v) is 3.75. The van der Waals surface area contributed by atoms with Crippen molar-refractivity contribution in [2.45, 2.75) is 58.9 Å². The molecule has 0 N–H and O–H groups in total. The Balaban J connectivity index is 2.29. The van der Waals surface area contributed by atoms with E-state index in [1.54, 1.807) is 36.6 Å². The Bertz CT molecular complexity index is 702. The van der Waals surface area contributed by atoms with Gasteiger partial charge in [0.1, 0.15) is 5.60 Å². The fourth-order valence-electron chi connectivity index (χ4n) is 3.39. The number of alkyl halides is 3. The number of carbonyl (C=O) groups is 1. The second-order valence-electron chi connectivity index (χ2n) is 8.56. The zero-order valence-electron chi connectivity index (χ0n) is 16.9. The molecule has 1 aliphatic rings. The summed E-state index contributed by atoms with van der Waals surface area (Å²) in [5, 5.41) is 0. The summed E-state index contributed by atoms with van der Waals surface area (Å²) < 4.78 is 46.5. The number of halogens is 4. The number of benzene rings is 1. The van der Waals surface area contributed by atoms with Crippen molar-refractivity contribution in [2.24, 2.45) is 5.92 Å². The topological polar surface area (TPSA) is 32.8 Å². The lowest BCUT2D eigenvalue weighted by Gasteiger charge is -2.43. The van der Waals surface area contributed by atoms with E-state index in [1.165, 1.54) is 6.07 Å². The Hall–Kier alpha value is -1.44. The zero-order valence-corrected chi connectivity index (χ0v) is 18.5. The number of rotatable bonds is 3. The first-order chi connectivity index (χ1) is 12.8. The molecule has 1 heterocycles. The Morgan fingerprint density at radius 1 is 1.25 bits per heavy atom. The second kappa shape index (κ2) is 8.51. The van der Waals surface area contributed by atoms with Crippen LogP contribution in [-0.2, 0) is 10.9 Å². The number of anilines is 1. The largest absolute Gasteiger partial charge is 0.444 e. The molecule has 1 fully saturated rings. The molecule has 0 aromatic heterocycles. The molecule has 0 radical (unpaired) electrons. The van der Waals surface area contributed by atoms with Crippen molar-refractivity contribution in [1.29, 1.82) is 0 Å². The molecule has 0 aliphatic carbocycles. The van der Waals surface area contributed by atoms with E-state index in [0.29, 0.717) is 36.4 Å². The molecule has 28 heavy (non-hydrogen) atoms. The van der Waals surface area contributed by atoms with Gasteiger partial charge in [0.2, 0.25) is 0 Å². The highest BCUT2D eigenvalue weighted by Crippen LogP contribution is 2.39. The lowest BCUT2D eigenvalue weighted by Crippen LogP contribution is -2.56. The number of ether oxygens (including phenoxy) is 1. The molecular formula is C20H28BrF3N2O2. The quantitative estimate of drug-likeness (QED) is 0.554. The van der Waals surface area contributed by atoms with Crippen molar-refractivity contribution in [1.82, 2.24) is 4.90 Å². The van der Waals surface area contributed by atoms with Crippen LogP contribution in [0, 0.1) is 5.92 Å². The summed E-state index contributed by atoms with van der Waals surface area (Å²) in [6.45, 7) is 10.4. The predicted octanol–water partition coefficient (Wildman–Crippen LogP) is 5.94. The van der Waals surface area contributed by atoms with Gasteiger partial charge in [-0.15, -0.1) is 0 Å². The number of piperazine rings is 1. The van der Waals surface area contributed by atoms with Gasteiger partial charge in [-0.2, -0.15) is 13.2 Å². The third kappa shape index (κ3) is 6.03. The van der Waals surface area contributed by atoms with E-state index in [2.05, 4.69) is 15.9 Å². The van der Waals surface area contributed by atoms with Gasteiger partial charge < -0.3 is 14.5 Å². The molecular weight excluding hydrogens is 437 g/mol. The molecule has 2 rings (SSSR count). The number of nitrogens with zero attached hydrogens (tertiary/aromatic N) is 2. The lowest BCUT2D eigenvalue weighted by atomic mass is 9.99. The minimum Gasteiger partial charge on any atom is -0.444 e. The molecule has 8 heteroatoms. The van der Waals surface area contributed by atoms with Crippen LogP contribution in [-0.4, -0.2) is 42.3 Å². The summed E-state index contributed by atoms with van der Waals surface area (Å²) >= 11 is 3.13. The molecule has 1 atom stereocenters. The molecule has 1 aromatic carbocycles. The van der Waals surface area contributed by atoms with Crippen LogP contribution in [0.1, 0.15) is 46.6 Å². The number of hydrogen-bond acceptors (Lipinski definition) is 3. The molecule has 0 saturated carbocycles. The summed E-state index contributed by atoms with van der Waals surface area (Å²) in [4.78, 5) is 16.0. The van der Waals surface area contributed by atoms with E-state index in [1.807, 2.05) is 13.8 Å². The minimum atomic E-state index is -4.45. The third-order valence-electron chi connectivity index (χ3n) is 4.46. The Kier molecular flexibility index (Phi) is 6.94. The first kappa shape index (κ1) is 22.8. The van der Waals surface area contributed by atoms with Crippen LogP contribution in [0.15, 0.2) is 22.7 Å². The van der Waals surface area contributed by atoms with Crippen molar-refractivity contribution < 1.29 is 22.7 Å². The third-order valence-corrected chi connectivity index (χ3v) is 4.95. The molecule has 0 spiro atoms. The zero-order chi connectivity index (χ0) is 21.3. The molecule has 1 amide bonds. The predicted molar refractivity (Wildman–Crippen MR) is 108 cm³/mol. The normalized spacial score (nSPS) is 18.6. The van der Waals surface area contributed by atoms with Crippen molar-refractivity contribution in [2.75, 3.05) is 24.5 Å². The first-order valence-electron chi connectivity index (χ1n) is 9.39. The highest BCUT2D eigenvalue weighted by atomic mass is 79.9. The van der Waals surface area contributed by atoms with E-state index >= 15 is 0 Å². The molecule has 4 nitrogen and oxygen atoms in total. The summed E-state index contributed by atoms with van der Waals surface area (Å²) in [5.74, 6) is 0.293. The van der Waals surface area contributed by atoms with Gasteiger partial charge in [0, 0.05) is 29.8 Å². The van der Waals surface area contributed by atoms with Gasteiger partial charge >= 0.3 is 12.3 Å². The maximum Gasteiger partial charge on any atom is 0.418 e. The molecule has 1 unspecified atom stereocenters. The number of hydrogen-bond donors (Lipinski definition) is 0. The Labute approximate surface area is 173 Å². The van der Waals surface area contributed by atoms with Crippen molar-refractivity contribution in [3.63, 3.8) is 0 Å². The van der Waals surface area contributed by atoms with Crippen LogP contribution < -0.4 is 4.90 Å². The smallest absolute Gasteiger partial charge is 0.418 e. The van der Waals surface area contributed by atoms with Crippen molar-refractivity contribution in [3.05, 3.63) is 28.2 Å². The summed E-state index contributed by atoms with van der Waals surface area (Å²) in [7, 11) is 0. The monoisotopic (exact) mass is 464 g/mol. The van der Waals surface area contributed by atoms with Crippen molar-refractivity contribution in [3.8, 4) is 0 Å². The van der Waals surface area contributed by atoms with Gasteiger partial charge in [-0.3, -0.25) is 0 Å². The van der Waals surface area contributed by atoms with Crippen LogP contribution in [0.4, 0.5) is 23.7 Å². The van der Waals surface area contributed by atoms with Crippen LogP contribution in [0.2, 0.25) is 0 Å². The van der Waals surface area contributed by atoms with Gasteiger partial charge in [-0.1, -0.05) is 29.8 Å². The molecule has 1 aromatic rings. The van der Waals surface area contributed by atoms with Crippen LogP contribution in [0.3, 0.4) is 0 Å². The average Bonchev–Trinajstić information content (AvgIpc) is 2.51. The van der Waals surface area contributed by atoms with Crippen molar-refractivity contribution >= 4 is 27.7 Å². The highest BCUT2D eigenvalue weighted by Gasteiger charge is 2.38. The number of amides is 1. The van der Waals surface area contributed by atoms with E-state index in [9.17, 15) is 18.0 Å². The van der Waals surface area contributed by atoms with Gasteiger partial charge in [-0.05, 0) is 51.3 Å². The summed E-state index contributed by atoms with van der Waals surface area (Å²) in [6.07, 6.45) is -4.17. The fraction of sp³-hybridized carbons (Fsp3) is 0.650. The second-order valence-corrected chi connectivity index (χ2v) is 9.48. The standard InChI is InChI=1S/C20H28BrF3N2O2/c1-13(2)10-15-12-25(8-9-26(15)18(27)28-19(3,4)5)17-7-6-14(21)11-16(17)20(22,23)24/h6-7,11,13,15H,8-10,12H2,1-5H3. The maximum atomic E-state index is 13.5. The minimum absolute atomic E-state index is 0.147. The van der Waals surface area contributed by atoms with Crippen LogP contribution in [0.5, 0.6) is 0 Å². The summed E-state index contributed by atoms with van der Waals surface area (Å²) in [6, 6.07) is 3.99. The van der Waals surface area contributed by atoms with E-state index in [4.69, 9.17) is 4.74 Å².